The van der Waals surface area contributed by atoms with Crippen molar-refractivity contribution >= 4 is 5.91 Å². The van der Waals surface area contributed by atoms with Crippen LogP contribution >= 0.6 is 0 Å². The predicted molar refractivity (Wildman–Crippen MR) is 72.9 cm³/mol. The normalized spacial score (nSPS) is 23.3. The molecule has 1 heterocycles. The second-order valence-electron chi connectivity index (χ2n) is 5.17. The van der Waals surface area contributed by atoms with Crippen LogP contribution in [0.25, 0.3) is 0 Å². The monoisotopic (exact) mass is 265 g/mol. The molecule has 1 aromatic heterocycles. The molecule has 0 spiro atoms. The second-order valence-corrected chi connectivity index (χ2v) is 5.17. The van der Waals surface area contributed by atoms with Gasteiger partial charge in [-0.05, 0) is 39.2 Å². The Labute approximate surface area is 113 Å². The van der Waals surface area contributed by atoms with E-state index in [1.54, 1.807) is 0 Å². The molecule has 0 unspecified atom stereocenters. The average Bonchev–Trinajstić information content (AvgIpc) is 2.89. The highest BCUT2D eigenvalue weighted by Gasteiger charge is 2.23. The Morgan fingerprint density at radius 2 is 2.00 bits per heavy atom. The summed E-state index contributed by atoms with van der Waals surface area (Å²) < 4.78 is 0. The average molecular weight is 265 g/mol. The van der Waals surface area contributed by atoms with E-state index in [1.807, 2.05) is 7.05 Å². The number of rotatable bonds is 5. The molecule has 1 aromatic rings. The highest BCUT2D eigenvalue weighted by Crippen LogP contribution is 2.18. The van der Waals surface area contributed by atoms with Gasteiger partial charge in [-0.2, -0.15) is 0 Å². The number of aryl methyl sites for hydroxylation is 1. The summed E-state index contributed by atoms with van der Waals surface area (Å²) in [4.78, 5) is 16.2. The first-order valence-corrected chi connectivity index (χ1v) is 7.12. The van der Waals surface area contributed by atoms with E-state index >= 15 is 0 Å². The Balaban J connectivity index is 1.83. The highest BCUT2D eigenvalue weighted by atomic mass is 16.2. The topological polar surface area (TPSA) is 82.7 Å². The zero-order valence-electron chi connectivity index (χ0n) is 11.7. The van der Waals surface area contributed by atoms with E-state index in [4.69, 9.17) is 0 Å². The number of amides is 1. The van der Waals surface area contributed by atoms with Crippen LogP contribution in [0.3, 0.4) is 0 Å². The van der Waals surface area contributed by atoms with Crippen molar-refractivity contribution in [2.45, 2.75) is 57.5 Å². The fraction of sp³-hybridized carbons (Fsp3) is 0.769. The summed E-state index contributed by atoms with van der Waals surface area (Å²) in [5, 5.41) is 13.1. The third-order valence-electron chi connectivity index (χ3n) is 3.69. The minimum atomic E-state index is -0.161. The molecule has 3 N–H and O–H groups in total. The van der Waals surface area contributed by atoms with Crippen molar-refractivity contribution in [2.24, 2.45) is 0 Å². The standard InChI is InChI=1S/C13H23N5O/c1-3-4-11-16-12(18-17-11)13(19)15-10-7-5-9(14-2)6-8-10/h9-10,14H,3-8H2,1-2H3,(H,15,19)(H,16,17,18). The summed E-state index contributed by atoms with van der Waals surface area (Å²) in [7, 11) is 1.99. The number of hydrogen-bond acceptors (Lipinski definition) is 4. The van der Waals surface area contributed by atoms with Crippen LogP contribution in [0.5, 0.6) is 0 Å². The third kappa shape index (κ3) is 3.76. The van der Waals surface area contributed by atoms with Crippen LogP contribution in [0.2, 0.25) is 0 Å². The molecule has 106 valence electrons. The summed E-state index contributed by atoms with van der Waals surface area (Å²) in [5.74, 6) is 0.886. The van der Waals surface area contributed by atoms with Crippen molar-refractivity contribution < 1.29 is 4.79 Å². The largest absolute Gasteiger partial charge is 0.347 e. The maximum atomic E-state index is 12.0. The van der Waals surface area contributed by atoms with E-state index in [-0.39, 0.29) is 17.8 Å². The van der Waals surface area contributed by atoms with Gasteiger partial charge in [-0.1, -0.05) is 6.92 Å². The lowest BCUT2D eigenvalue weighted by molar-refractivity contribution is 0.0914. The summed E-state index contributed by atoms with van der Waals surface area (Å²) in [6, 6.07) is 0.845. The SMILES string of the molecule is CCCc1nc(C(=O)NC2CCC(NC)CC2)n[nH]1. The first-order valence-electron chi connectivity index (χ1n) is 7.12. The molecule has 1 aliphatic rings. The van der Waals surface area contributed by atoms with Gasteiger partial charge in [0.15, 0.2) is 0 Å². The first kappa shape index (κ1) is 14.0. The first-order chi connectivity index (χ1) is 9.22. The molecule has 19 heavy (non-hydrogen) atoms. The zero-order valence-corrected chi connectivity index (χ0v) is 11.7. The molecule has 2 rings (SSSR count). The number of nitrogens with one attached hydrogen (secondary N) is 3. The number of aromatic nitrogens is 3. The van der Waals surface area contributed by atoms with Crippen LogP contribution < -0.4 is 10.6 Å². The fourth-order valence-electron chi connectivity index (χ4n) is 2.52. The van der Waals surface area contributed by atoms with Gasteiger partial charge < -0.3 is 10.6 Å². The van der Waals surface area contributed by atoms with Crippen LogP contribution in [-0.2, 0) is 6.42 Å². The lowest BCUT2D eigenvalue weighted by Gasteiger charge is -2.28. The molecule has 6 nitrogen and oxygen atoms in total. The molecule has 1 fully saturated rings. The lowest BCUT2D eigenvalue weighted by atomic mass is 9.91. The van der Waals surface area contributed by atoms with Crippen LogP contribution in [0.15, 0.2) is 0 Å². The van der Waals surface area contributed by atoms with Crippen LogP contribution in [0.1, 0.15) is 55.5 Å². The van der Waals surface area contributed by atoms with Gasteiger partial charge >= 0.3 is 0 Å². The molecule has 1 aliphatic carbocycles. The minimum Gasteiger partial charge on any atom is -0.347 e. The smallest absolute Gasteiger partial charge is 0.291 e. The second kappa shape index (κ2) is 6.65. The van der Waals surface area contributed by atoms with Crippen LogP contribution in [0.4, 0.5) is 0 Å². The Bertz CT molecular complexity index is 409. The van der Waals surface area contributed by atoms with E-state index < -0.39 is 0 Å². The molecule has 0 aromatic carbocycles. The molecule has 6 heteroatoms. The van der Waals surface area contributed by atoms with Gasteiger partial charge in [-0.15, -0.1) is 5.10 Å². The molecular weight excluding hydrogens is 242 g/mol. The zero-order chi connectivity index (χ0) is 13.7. The van der Waals surface area contributed by atoms with E-state index in [0.717, 1.165) is 44.3 Å². The van der Waals surface area contributed by atoms with Gasteiger partial charge in [0.2, 0.25) is 5.82 Å². The number of nitrogens with zero attached hydrogens (tertiary/aromatic N) is 2. The Kier molecular flexibility index (Phi) is 4.90. The molecule has 0 bridgehead atoms. The molecule has 0 aliphatic heterocycles. The molecule has 0 atom stereocenters. The fourth-order valence-corrected chi connectivity index (χ4v) is 2.52. The Hall–Kier alpha value is -1.43. The predicted octanol–water partition coefficient (Wildman–Crippen LogP) is 1.02. The molecule has 1 amide bonds. The quantitative estimate of drug-likeness (QED) is 0.742. The number of carbonyl (C=O) groups is 1. The summed E-state index contributed by atoms with van der Waals surface area (Å²) in [6.07, 6.45) is 6.07. The number of H-pyrrole nitrogens is 1. The number of aromatic amines is 1. The number of hydrogen-bond donors (Lipinski definition) is 3. The van der Waals surface area contributed by atoms with Crippen LogP contribution in [0, 0.1) is 0 Å². The summed E-state index contributed by atoms with van der Waals surface area (Å²) >= 11 is 0. The molecule has 0 saturated heterocycles. The van der Waals surface area contributed by atoms with Crippen molar-refractivity contribution in [2.75, 3.05) is 7.05 Å². The van der Waals surface area contributed by atoms with Gasteiger partial charge in [0.25, 0.3) is 5.91 Å². The van der Waals surface area contributed by atoms with Gasteiger partial charge in [-0.3, -0.25) is 9.89 Å². The van der Waals surface area contributed by atoms with Crippen molar-refractivity contribution in [3.63, 3.8) is 0 Å². The summed E-state index contributed by atoms with van der Waals surface area (Å²) in [5.41, 5.74) is 0. The van der Waals surface area contributed by atoms with Gasteiger partial charge in [-0.25, -0.2) is 4.98 Å². The van der Waals surface area contributed by atoms with Crippen molar-refractivity contribution in [3.8, 4) is 0 Å². The summed E-state index contributed by atoms with van der Waals surface area (Å²) in [6.45, 7) is 2.07. The number of carbonyl (C=O) groups excluding carboxylic acids is 1. The van der Waals surface area contributed by atoms with E-state index in [0.29, 0.717) is 6.04 Å². The lowest BCUT2D eigenvalue weighted by Crippen LogP contribution is -2.41. The maximum absolute atomic E-state index is 12.0. The minimum absolute atomic E-state index is 0.161. The molecule has 0 radical (unpaired) electrons. The van der Waals surface area contributed by atoms with E-state index in [1.165, 1.54) is 0 Å². The highest BCUT2D eigenvalue weighted by molar-refractivity contribution is 5.90. The van der Waals surface area contributed by atoms with Crippen molar-refractivity contribution in [1.29, 1.82) is 0 Å². The Morgan fingerprint density at radius 1 is 1.32 bits per heavy atom. The molecular formula is C13H23N5O. The van der Waals surface area contributed by atoms with Gasteiger partial charge in [0.05, 0.1) is 0 Å². The van der Waals surface area contributed by atoms with E-state index in [9.17, 15) is 4.79 Å². The van der Waals surface area contributed by atoms with Crippen molar-refractivity contribution in [1.82, 2.24) is 25.8 Å². The Morgan fingerprint density at radius 3 is 2.63 bits per heavy atom. The molecule has 1 saturated carbocycles. The maximum Gasteiger partial charge on any atom is 0.291 e. The van der Waals surface area contributed by atoms with Gasteiger partial charge in [0.1, 0.15) is 5.82 Å². The van der Waals surface area contributed by atoms with Gasteiger partial charge in [0, 0.05) is 18.5 Å². The van der Waals surface area contributed by atoms with Crippen molar-refractivity contribution in [3.05, 3.63) is 11.6 Å². The van der Waals surface area contributed by atoms with E-state index in [2.05, 4.69) is 32.7 Å². The van der Waals surface area contributed by atoms with Crippen LogP contribution in [-0.4, -0.2) is 40.2 Å². The third-order valence-corrected chi connectivity index (χ3v) is 3.69.